The van der Waals surface area contributed by atoms with E-state index in [0.29, 0.717) is 5.13 Å². The van der Waals surface area contributed by atoms with E-state index in [2.05, 4.69) is 41.0 Å². The fourth-order valence-corrected chi connectivity index (χ4v) is 2.29. The summed E-state index contributed by atoms with van der Waals surface area (Å²) in [5.41, 5.74) is 6.58. The van der Waals surface area contributed by atoms with Crippen molar-refractivity contribution in [1.82, 2.24) is 15.0 Å². The van der Waals surface area contributed by atoms with Crippen LogP contribution in [0.1, 0.15) is 37.0 Å². The van der Waals surface area contributed by atoms with E-state index in [0.717, 1.165) is 5.69 Å². The minimum atomic E-state index is -0.402. The zero-order valence-corrected chi connectivity index (χ0v) is 11.8. The average Bonchev–Trinajstić information content (AvgIpc) is 2.77. The summed E-state index contributed by atoms with van der Waals surface area (Å²) in [5, 5.41) is 5.13. The number of aromatic nitrogens is 3. The molecule has 0 atom stereocenters. The van der Waals surface area contributed by atoms with Gasteiger partial charge in [-0.15, -0.1) is 11.3 Å². The number of rotatable bonds is 2. The maximum Gasteiger partial charge on any atom is 0.279 e. The smallest absolute Gasteiger partial charge is 0.279 e. The molecule has 0 radical (unpaired) electrons. The summed E-state index contributed by atoms with van der Waals surface area (Å²) in [6.07, 6.45) is 2.86. The van der Waals surface area contributed by atoms with E-state index in [-0.39, 0.29) is 16.9 Å². The van der Waals surface area contributed by atoms with Gasteiger partial charge in [0.15, 0.2) is 16.6 Å². The first kappa shape index (κ1) is 13.4. The first-order valence-corrected chi connectivity index (χ1v) is 6.60. The lowest BCUT2D eigenvalue weighted by molar-refractivity contribution is 0.102. The molecule has 2 aromatic heterocycles. The normalized spacial score (nSPS) is 11.3. The Bertz CT molecular complexity index is 602. The molecule has 1 amide bonds. The molecule has 0 unspecified atom stereocenters. The maximum atomic E-state index is 12.0. The van der Waals surface area contributed by atoms with E-state index in [9.17, 15) is 4.79 Å². The summed E-state index contributed by atoms with van der Waals surface area (Å²) in [6.45, 7) is 6.19. The second kappa shape index (κ2) is 4.93. The first-order chi connectivity index (χ1) is 8.88. The molecule has 0 aliphatic carbocycles. The quantitative estimate of drug-likeness (QED) is 0.876. The van der Waals surface area contributed by atoms with Gasteiger partial charge < -0.3 is 5.73 Å². The summed E-state index contributed by atoms with van der Waals surface area (Å²) < 4.78 is 0. The van der Waals surface area contributed by atoms with E-state index in [1.807, 2.05) is 5.38 Å². The van der Waals surface area contributed by atoms with Gasteiger partial charge in [-0.3, -0.25) is 10.1 Å². The van der Waals surface area contributed by atoms with Crippen molar-refractivity contribution in [2.24, 2.45) is 0 Å². The molecule has 0 saturated carbocycles. The molecule has 19 heavy (non-hydrogen) atoms. The Morgan fingerprint density at radius 1 is 1.32 bits per heavy atom. The molecule has 2 heterocycles. The Balaban J connectivity index is 2.16. The minimum absolute atomic E-state index is 0.0505. The highest BCUT2D eigenvalue weighted by molar-refractivity contribution is 7.14. The molecule has 0 aliphatic rings. The number of hydrogen-bond donors (Lipinski definition) is 2. The van der Waals surface area contributed by atoms with E-state index in [1.54, 1.807) is 0 Å². The van der Waals surface area contributed by atoms with Crippen LogP contribution in [0.2, 0.25) is 0 Å². The third-order valence-electron chi connectivity index (χ3n) is 2.43. The van der Waals surface area contributed by atoms with Crippen molar-refractivity contribution < 1.29 is 4.79 Å². The van der Waals surface area contributed by atoms with Gasteiger partial charge >= 0.3 is 0 Å². The predicted octanol–water partition coefficient (Wildman–Crippen LogP) is 2.07. The fourth-order valence-electron chi connectivity index (χ4n) is 1.36. The number of nitrogens with one attached hydrogen (secondary N) is 1. The number of anilines is 2. The lowest BCUT2D eigenvalue weighted by Crippen LogP contribution is -2.17. The molecule has 6 nitrogen and oxygen atoms in total. The average molecular weight is 277 g/mol. The van der Waals surface area contributed by atoms with E-state index in [1.165, 1.54) is 23.7 Å². The van der Waals surface area contributed by atoms with Gasteiger partial charge in [-0.25, -0.2) is 15.0 Å². The van der Waals surface area contributed by atoms with Crippen LogP contribution >= 0.6 is 11.3 Å². The van der Waals surface area contributed by atoms with Crippen LogP contribution in [0, 0.1) is 0 Å². The van der Waals surface area contributed by atoms with Gasteiger partial charge in [0, 0.05) is 23.2 Å². The van der Waals surface area contributed by atoms with Crippen LogP contribution in [0.5, 0.6) is 0 Å². The van der Waals surface area contributed by atoms with Gasteiger partial charge in [0.1, 0.15) is 0 Å². The summed E-state index contributed by atoms with van der Waals surface area (Å²) >= 11 is 1.37. The van der Waals surface area contributed by atoms with Crippen molar-refractivity contribution >= 4 is 28.2 Å². The third-order valence-corrected chi connectivity index (χ3v) is 3.19. The van der Waals surface area contributed by atoms with Crippen LogP contribution in [-0.2, 0) is 5.41 Å². The van der Waals surface area contributed by atoms with Gasteiger partial charge in [0.25, 0.3) is 5.91 Å². The molecule has 3 N–H and O–H groups in total. The fraction of sp³-hybridized carbons (Fsp3) is 0.333. The van der Waals surface area contributed by atoms with E-state index < -0.39 is 5.91 Å². The zero-order chi connectivity index (χ0) is 14.0. The Kier molecular flexibility index (Phi) is 3.48. The highest BCUT2D eigenvalue weighted by Gasteiger charge is 2.19. The molecular weight excluding hydrogens is 262 g/mol. The molecule has 0 bridgehead atoms. The third kappa shape index (κ3) is 3.05. The summed E-state index contributed by atoms with van der Waals surface area (Å²) in [4.78, 5) is 24.1. The molecule has 0 aliphatic heterocycles. The highest BCUT2D eigenvalue weighted by Crippen LogP contribution is 2.26. The molecular formula is C12H15N5OS. The van der Waals surface area contributed by atoms with Crippen LogP contribution in [0.4, 0.5) is 10.9 Å². The molecule has 7 heteroatoms. The number of carbonyl (C=O) groups excluding carboxylic acids is 1. The number of carbonyl (C=O) groups is 1. The molecule has 0 aromatic carbocycles. The van der Waals surface area contributed by atoms with E-state index in [4.69, 9.17) is 5.73 Å². The Hall–Kier alpha value is -2.02. The van der Waals surface area contributed by atoms with Crippen LogP contribution in [-0.4, -0.2) is 20.9 Å². The number of amides is 1. The molecule has 2 rings (SSSR count). The lowest BCUT2D eigenvalue weighted by atomic mass is 9.93. The summed E-state index contributed by atoms with van der Waals surface area (Å²) in [5.74, 6) is -0.298. The van der Waals surface area contributed by atoms with Crippen LogP contribution in [0.15, 0.2) is 17.8 Å². The zero-order valence-electron chi connectivity index (χ0n) is 11.0. The van der Waals surface area contributed by atoms with Gasteiger partial charge in [-0.1, -0.05) is 20.8 Å². The van der Waals surface area contributed by atoms with Crippen molar-refractivity contribution in [3.8, 4) is 0 Å². The molecule has 2 aromatic rings. The van der Waals surface area contributed by atoms with Crippen molar-refractivity contribution in [2.75, 3.05) is 11.1 Å². The Labute approximate surface area is 115 Å². The van der Waals surface area contributed by atoms with Crippen LogP contribution in [0.25, 0.3) is 0 Å². The van der Waals surface area contributed by atoms with Crippen molar-refractivity contribution in [2.45, 2.75) is 26.2 Å². The number of nitrogen functional groups attached to an aromatic ring is 1. The summed E-state index contributed by atoms with van der Waals surface area (Å²) in [6, 6.07) is 0. The number of nitrogens with zero attached hydrogens (tertiary/aromatic N) is 3. The predicted molar refractivity (Wildman–Crippen MR) is 75.2 cm³/mol. The number of hydrogen-bond acceptors (Lipinski definition) is 6. The Morgan fingerprint density at radius 2 is 2.00 bits per heavy atom. The van der Waals surface area contributed by atoms with Crippen molar-refractivity contribution in [3.05, 3.63) is 29.2 Å². The molecule has 0 fully saturated rings. The lowest BCUT2D eigenvalue weighted by Gasteiger charge is -2.14. The minimum Gasteiger partial charge on any atom is -0.382 e. The number of thiazole rings is 1. The van der Waals surface area contributed by atoms with Gasteiger partial charge in [0.2, 0.25) is 0 Å². The first-order valence-electron chi connectivity index (χ1n) is 5.72. The maximum absolute atomic E-state index is 12.0. The largest absolute Gasteiger partial charge is 0.382 e. The highest BCUT2D eigenvalue weighted by atomic mass is 32.1. The number of nitrogens with two attached hydrogens (primary N) is 1. The van der Waals surface area contributed by atoms with Crippen LogP contribution < -0.4 is 11.1 Å². The molecule has 100 valence electrons. The van der Waals surface area contributed by atoms with Gasteiger partial charge in [-0.2, -0.15) is 0 Å². The summed E-state index contributed by atoms with van der Waals surface area (Å²) in [7, 11) is 0. The van der Waals surface area contributed by atoms with Crippen LogP contribution in [0.3, 0.4) is 0 Å². The van der Waals surface area contributed by atoms with Crippen molar-refractivity contribution in [1.29, 1.82) is 0 Å². The van der Waals surface area contributed by atoms with Crippen molar-refractivity contribution in [3.63, 3.8) is 0 Å². The second-order valence-corrected chi connectivity index (χ2v) is 5.89. The monoisotopic (exact) mass is 277 g/mol. The standard InChI is InChI=1S/C12H15N5OS/c1-12(2,3)7-6-19-11(16-7)17-10(18)8-9(13)15-5-4-14-8/h4-6H,1-3H3,(H2,13,15)(H,16,17,18). The SMILES string of the molecule is CC(C)(C)c1csc(NC(=O)c2nccnc2N)n1. The molecule has 0 spiro atoms. The Morgan fingerprint density at radius 3 is 2.58 bits per heavy atom. The van der Waals surface area contributed by atoms with E-state index >= 15 is 0 Å². The second-order valence-electron chi connectivity index (χ2n) is 5.03. The van der Waals surface area contributed by atoms with Gasteiger partial charge in [-0.05, 0) is 0 Å². The molecule has 0 saturated heterocycles. The van der Waals surface area contributed by atoms with Gasteiger partial charge in [0.05, 0.1) is 5.69 Å². The topological polar surface area (TPSA) is 93.8 Å².